The summed E-state index contributed by atoms with van der Waals surface area (Å²) in [6.07, 6.45) is 0. The molecule has 1 aliphatic heterocycles. The van der Waals surface area contributed by atoms with Crippen LogP contribution < -0.4 is 5.32 Å². The standard InChI is InChI=1S/C12H23N3O3/c1-12(2,3)13-10(17)11(18)15-6-4-14(5-7-15)8-9-16/h16H,4-9H2,1-3H3,(H,13,17). The zero-order chi connectivity index (χ0) is 13.8. The molecule has 1 rings (SSSR count). The van der Waals surface area contributed by atoms with Gasteiger partial charge in [0, 0.05) is 38.3 Å². The highest BCUT2D eigenvalue weighted by atomic mass is 16.3. The fraction of sp³-hybridized carbons (Fsp3) is 0.833. The highest BCUT2D eigenvalue weighted by Crippen LogP contribution is 2.04. The molecule has 0 aromatic rings. The van der Waals surface area contributed by atoms with Crippen molar-refractivity contribution in [2.24, 2.45) is 0 Å². The molecule has 1 fully saturated rings. The number of nitrogens with zero attached hydrogens (tertiary/aromatic N) is 2. The maximum atomic E-state index is 11.9. The number of piperazine rings is 1. The summed E-state index contributed by atoms with van der Waals surface area (Å²) < 4.78 is 0. The van der Waals surface area contributed by atoms with Gasteiger partial charge in [-0.2, -0.15) is 0 Å². The SMILES string of the molecule is CC(C)(C)NC(=O)C(=O)N1CCN(CCO)CC1. The number of hydrogen-bond donors (Lipinski definition) is 2. The molecule has 0 radical (unpaired) electrons. The van der Waals surface area contributed by atoms with E-state index in [0.717, 1.165) is 0 Å². The van der Waals surface area contributed by atoms with Gasteiger partial charge in [0.15, 0.2) is 0 Å². The number of β-amino-alcohol motifs (C(OH)–C–C–N with tert-alkyl or cyclic N) is 1. The predicted molar refractivity (Wildman–Crippen MR) is 68.0 cm³/mol. The van der Waals surface area contributed by atoms with Crippen molar-refractivity contribution in [3.05, 3.63) is 0 Å². The fourth-order valence-electron chi connectivity index (χ4n) is 1.85. The zero-order valence-corrected chi connectivity index (χ0v) is 11.4. The van der Waals surface area contributed by atoms with Crippen molar-refractivity contribution in [2.75, 3.05) is 39.3 Å². The molecule has 18 heavy (non-hydrogen) atoms. The molecule has 2 amide bonds. The first-order valence-electron chi connectivity index (χ1n) is 6.28. The van der Waals surface area contributed by atoms with Gasteiger partial charge in [0.2, 0.25) is 0 Å². The van der Waals surface area contributed by atoms with Crippen LogP contribution in [0, 0.1) is 0 Å². The van der Waals surface area contributed by atoms with Crippen LogP contribution >= 0.6 is 0 Å². The summed E-state index contributed by atoms with van der Waals surface area (Å²) in [6.45, 7) is 8.76. The lowest BCUT2D eigenvalue weighted by Crippen LogP contribution is -2.55. The molecular weight excluding hydrogens is 234 g/mol. The van der Waals surface area contributed by atoms with E-state index in [1.165, 1.54) is 0 Å². The van der Waals surface area contributed by atoms with Crippen molar-refractivity contribution in [1.29, 1.82) is 0 Å². The maximum Gasteiger partial charge on any atom is 0.311 e. The van der Waals surface area contributed by atoms with Gasteiger partial charge in [0.1, 0.15) is 0 Å². The van der Waals surface area contributed by atoms with Crippen LogP contribution in [0.2, 0.25) is 0 Å². The van der Waals surface area contributed by atoms with Crippen molar-refractivity contribution in [3.8, 4) is 0 Å². The van der Waals surface area contributed by atoms with Crippen LogP contribution in [0.3, 0.4) is 0 Å². The van der Waals surface area contributed by atoms with Gasteiger partial charge in [-0.3, -0.25) is 14.5 Å². The van der Waals surface area contributed by atoms with Crippen LogP contribution in [0.25, 0.3) is 0 Å². The van der Waals surface area contributed by atoms with Crippen LogP contribution in [0.5, 0.6) is 0 Å². The molecule has 104 valence electrons. The molecule has 0 aromatic carbocycles. The maximum absolute atomic E-state index is 11.9. The number of amides is 2. The molecule has 0 unspecified atom stereocenters. The molecule has 0 saturated carbocycles. The second kappa shape index (κ2) is 6.15. The monoisotopic (exact) mass is 257 g/mol. The first kappa shape index (κ1) is 14.9. The molecular formula is C12H23N3O3. The third-order valence-electron chi connectivity index (χ3n) is 2.76. The number of aliphatic hydroxyl groups is 1. The summed E-state index contributed by atoms with van der Waals surface area (Å²) in [5.41, 5.74) is -0.397. The highest BCUT2D eigenvalue weighted by Gasteiger charge is 2.27. The third kappa shape index (κ3) is 4.62. The smallest absolute Gasteiger partial charge is 0.311 e. The van der Waals surface area contributed by atoms with Gasteiger partial charge in [-0.25, -0.2) is 0 Å². The van der Waals surface area contributed by atoms with Crippen molar-refractivity contribution in [1.82, 2.24) is 15.1 Å². The van der Waals surface area contributed by atoms with E-state index in [2.05, 4.69) is 10.2 Å². The Hall–Kier alpha value is -1.14. The molecule has 1 saturated heterocycles. The minimum absolute atomic E-state index is 0.123. The number of hydrogen-bond acceptors (Lipinski definition) is 4. The normalized spacial score (nSPS) is 17.7. The lowest BCUT2D eigenvalue weighted by Gasteiger charge is -2.34. The van der Waals surface area contributed by atoms with Crippen molar-refractivity contribution in [3.63, 3.8) is 0 Å². The Morgan fingerprint density at radius 2 is 1.72 bits per heavy atom. The van der Waals surface area contributed by atoms with E-state index in [1.54, 1.807) is 4.90 Å². The molecule has 6 heteroatoms. The van der Waals surface area contributed by atoms with Gasteiger partial charge in [0.25, 0.3) is 0 Å². The van der Waals surface area contributed by atoms with Crippen LogP contribution in [0.15, 0.2) is 0 Å². The first-order chi connectivity index (χ1) is 8.33. The molecule has 2 N–H and O–H groups in total. The van der Waals surface area contributed by atoms with E-state index in [9.17, 15) is 9.59 Å². The summed E-state index contributed by atoms with van der Waals surface area (Å²) in [5.74, 6) is -1.01. The Labute approximate surface area is 108 Å². The van der Waals surface area contributed by atoms with E-state index in [4.69, 9.17) is 5.11 Å². The summed E-state index contributed by atoms with van der Waals surface area (Å²) in [6, 6.07) is 0. The average Bonchev–Trinajstić information content (AvgIpc) is 2.27. The minimum atomic E-state index is -0.543. The topological polar surface area (TPSA) is 72.9 Å². The number of aliphatic hydroxyl groups excluding tert-OH is 1. The Morgan fingerprint density at radius 1 is 1.17 bits per heavy atom. The fourth-order valence-corrected chi connectivity index (χ4v) is 1.85. The molecule has 1 aliphatic rings. The lowest BCUT2D eigenvalue weighted by atomic mass is 10.1. The summed E-state index contributed by atoms with van der Waals surface area (Å²) in [7, 11) is 0. The van der Waals surface area contributed by atoms with Crippen LogP contribution in [0.1, 0.15) is 20.8 Å². The van der Waals surface area contributed by atoms with Gasteiger partial charge in [0.05, 0.1) is 6.61 Å². The Balaban J connectivity index is 2.42. The second-order valence-electron chi connectivity index (χ2n) is 5.56. The van der Waals surface area contributed by atoms with E-state index in [1.807, 2.05) is 20.8 Å². The van der Waals surface area contributed by atoms with Crippen molar-refractivity contribution < 1.29 is 14.7 Å². The van der Waals surface area contributed by atoms with Crippen LogP contribution in [0.4, 0.5) is 0 Å². The van der Waals surface area contributed by atoms with Crippen molar-refractivity contribution in [2.45, 2.75) is 26.3 Å². The van der Waals surface area contributed by atoms with Gasteiger partial charge in [-0.15, -0.1) is 0 Å². The van der Waals surface area contributed by atoms with Crippen LogP contribution in [-0.4, -0.2) is 71.6 Å². The van der Waals surface area contributed by atoms with Crippen molar-refractivity contribution >= 4 is 11.8 Å². The Bertz CT molecular complexity index is 304. The average molecular weight is 257 g/mol. The summed E-state index contributed by atoms with van der Waals surface area (Å²) >= 11 is 0. The van der Waals surface area contributed by atoms with E-state index < -0.39 is 17.4 Å². The molecule has 6 nitrogen and oxygen atoms in total. The van der Waals surface area contributed by atoms with E-state index >= 15 is 0 Å². The van der Waals surface area contributed by atoms with Crippen LogP contribution in [-0.2, 0) is 9.59 Å². The van der Waals surface area contributed by atoms with Gasteiger partial charge in [-0.1, -0.05) is 0 Å². The summed E-state index contributed by atoms with van der Waals surface area (Å²) in [4.78, 5) is 27.2. The zero-order valence-electron chi connectivity index (χ0n) is 11.4. The lowest BCUT2D eigenvalue weighted by molar-refractivity contribution is -0.147. The Kier molecular flexibility index (Phi) is 5.10. The molecule has 0 bridgehead atoms. The summed E-state index contributed by atoms with van der Waals surface area (Å²) in [5, 5.41) is 11.5. The number of nitrogens with one attached hydrogen (secondary N) is 1. The first-order valence-corrected chi connectivity index (χ1v) is 6.28. The number of carbonyl (C=O) groups excluding carboxylic acids is 2. The third-order valence-corrected chi connectivity index (χ3v) is 2.76. The molecule has 1 heterocycles. The van der Waals surface area contributed by atoms with E-state index in [-0.39, 0.29) is 6.61 Å². The number of carbonyl (C=O) groups is 2. The predicted octanol–water partition coefficient (Wildman–Crippen LogP) is -0.962. The van der Waals surface area contributed by atoms with Gasteiger partial charge < -0.3 is 15.3 Å². The second-order valence-corrected chi connectivity index (χ2v) is 5.56. The number of rotatable bonds is 2. The molecule has 0 aromatic heterocycles. The van der Waals surface area contributed by atoms with Gasteiger partial charge in [-0.05, 0) is 20.8 Å². The minimum Gasteiger partial charge on any atom is -0.395 e. The quantitative estimate of drug-likeness (QED) is 0.625. The molecule has 0 atom stereocenters. The Morgan fingerprint density at radius 3 is 2.17 bits per heavy atom. The molecule has 0 aliphatic carbocycles. The highest BCUT2D eigenvalue weighted by molar-refractivity contribution is 6.35. The largest absolute Gasteiger partial charge is 0.395 e. The van der Waals surface area contributed by atoms with Gasteiger partial charge >= 0.3 is 11.8 Å². The molecule has 0 spiro atoms. The van der Waals surface area contributed by atoms with E-state index in [0.29, 0.717) is 32.7 Å².